The molecule has 0 aromatic rings. The summed E-state index contributed by atoms with van der Waals surface area (Å²) in [5.74, 6) is -0.356. The summed E-state index contributed by atoms with van der Waals surface area (Å²) < 4.78 is 24.6. The Morgan fingerprint density at radius 3 is 2.14 bits per heavy atom. The molecule has 0 saturated heterocycles. The van der Waals surface area contributed by atoms with Crippen molar-refractivity contribution in [1.29, 1.82) is 0 Å². The van der Waals surface area contributed by atoms with Gasteiger partial charge in [0, 0.05) is 6.16 Å². The summed E-state index contributed by atoms with van der Waals surface area (Å²) in [5.41, 5.74) is 0. The third-order valence-corrected chi connectivity index (χ3v) is 2.67. The Balaban J connectivity index is 0. The van der Waals surface area contributed by atoms with E-state index < -0.39 is 7.80 Å². The number of ether oxygens (including phenoxy) is 1. The largest absolute Gasteiger partial charge is 0.463 e. The van der Waals surface area contributed by atoms with Crippen molar-refractivity contribution in [3.05, 3.63) is 0 Å². The third-order valence-electron chi connectivity index (χ3n) is 1.09. The lowest BCUT2D eigenvalue weighted by atomic mass is 10.8. The van der Waals surface area contributed by atoms with E-state index in [1.165, 1.54) is 0 Å². The van der Waals surface area contributed by atoms with Crippen LogP contribution in [0.1, 0.15) is 20.8 Å². The Bertz CT molecular complexity index is 182. The van der Waals surface area contributed by atoms with Gasteiger partial charge in [0.05, 0.1) is 6.61 Å². The SMILES string of the molecule is CCOC(=O)C[P+](=O)CC.CCP=O. The molecule has 0 heterocycles. The highest BCUT2D eigenvalue weighted by Crippen LogP contribution is 2.18. The first-order valence-electron chi connectivity index (χ1n) is 4.49. The first-order chi connectivity index (χ1) is 6.62. The molecule has 0 bridgehead atoms. The highest BCUT2D eigenvalue weighted by Gasteiger charge is 2.18. The Kier molecular flexibility index (Phi) is 14.6. The number of hydrogen-bond acceptors (Lipinski definition) is 4. The Morgan fingerprint density at radius 2 is 1.86 bits per heavy atom. The van der Waals surface area contributed by atoms with Gasteiger partial charge in [0.15, 0.2) is 8.46 Å². The van der Waals surface area contributed by atoms with Gasteiger partial charge in [-0.05, 0) is 13.8 Å². The fourth-order valence-corrected chi connectivity index (χ4v) is 1.07. The van der Waals surface area contributed by atoms with Crippen LogP contribution in [0, 0.1) is 0 Å². The maximum absolute atomic E-state index is 10.7. The molecule has 1 unspecified atom stereocenters. The molecule has 0 fully saturated rings. The quantitative estimate of drug-likeness (QED) is 0.546. The molecule has 0 aliphatic heterocycles. The van der Waals surface area contributed by atoms with Crippen LogP contribution in [0.15, 0.2) is 0 Å². The van der Waals surface area contributed by atoms with Gasteiger partial charge in [-0.3, -0.25) is 4.57 Å². The highest BCUT2D eigenvalue weighted by molar-refractivity contribution is 7.45. The second-order valence-electron chi connectivity index (χ2n) is 2.21. The van der Waals surface area contributed by atoms with Gasteiger partial charge < -0.3 is 4.74 Å². The molecular weight excluding hydrogens is 222 g/mol. The normalized spacial score (nSPS) is 10.1. The molecule has 82 valence electrons. The number of hydrogen-bond donors (Lipinski definition) is 0. The molecule has 0 aromatic carbocycles. The predicted octanol–water partition coefficient (Wildman–Crippen LogP) is 2.69. The summed E-state index contributed by atoms with van der Waals surface area (Å²) in [6.07, 6.45) is 1.35. The van der Waals surface area contributed by atoms with Gasteiger partial charge in [-0.25, -0.2) is 4.79 Å². The summed E-state index contributed by atoms with van der Waals surface area (Å²) >= 11 is 0. The number of esters is 1. The summed E-state index contributed by atoms with van der Waals surface area (Å²) in [6, 6.07) is 0. The van der Waals surface area contributed by atoms with Crippen LogP contribution in [-0.4, -0.2) is 31.1 Å². The van der Waals surface area contributed by atoms with Crippen LogP contribution >= 0.6 is 16.3 Å². The van der Waals surface area contributed by atoms with Crippen LogP contribution in [0.5, 0.6) is 0 Å². The Hall–Kier alpha value is -0.330. The smallest absolute Gasteiger partial charge is 0.354 e. The van der Waals surface area contributed by atoms with E-state index in [1.54, 1.807) is 13.8 Å². The molecule has 4 nitrogen and oxygen atoms in total. The number of carbonyl (C=O) groups excluding carboxylic acids is 1. The van der Waals surface area contributed by atoms with Crippen molar-refractivity contribution in [3.8, 4) is 0 Å². The zero-order chi connectivity index (χ0) is 11.4. The molecule has 14 heavy (non-hydrogen) atoms. The van der Waals surface area contributed by atoms with Crippen molar-refractivity contribution in [2.45, 2.75) is 20.8 Å². The van der Waals surface area contributed by atoms with Gasteiger partial charge in [0.25, 0.3) is 0 Å². The minimum absolute atomic E-state index is 0.0691. The zero-order valence-corrected chi connectivity index (χ0v) is 10.6. The monoisotopic (exact) mass is 239 g/mol. The van der Waals surface area contributed by atoms with Crippen LogP contribution in [0.4, 0.5) is 0 Å². The lowest BCUT2D eigenvalue weighted by molar-refractivity contribution is -0.139. The van der Waals surface area contributed by atoms with Gasteiger partial charge >= 0.3 is 13.8 Å². The molecule has 0 aliphatic carbocycles. The molecular formula is C8H17O4P2+. The van der Waals surface area contributed by atoms with Gasteiger partial charge in [-0.15, -0.1) is 0 Å². The van der Waals surface area contributed by atoms with E-state index in [2.05, 4.69) is 4.74 Å². The fourth-order valence-electron chi connectivity index (χ4n) is 0.462. The minimum Gasteiger partial charge on any atom is -0.463 e. The number of rotatable bonds is 5. The van der Waals surface area contributed by atoms with E-state index in [-0.39, 0.29) is 20.6 Å². The molecule has 6 heteroatoms. The van der Waals surface area contributed by atoms with Crippen molar-refractivity contribution in [2.75, 3.05) is 25.1 Å². The van der Waals surface area contributed by atoms with E-state index in [1.807, 2.05) is 6.92 Å². The Morgan fingerprint density at radius 1 is 1.36 bits per heavy atom. The molecule has 0 amide bonds. The van der Waals surface area contributed by atoms with Crippen molar-refractivity contribution < 1.29 is 18.7 Å². The zero-order valence-electron chi connectivity index (χ0n) is 8.86. The maximum atomic E-state index is 10.7. The van der Waals surface area contributed by atoms with E-state index in [0.29, 0.717) is 12.8 Å². The molecule has 0 radical (unpaired) electrons. The molecule has 0 N–H and O–H groups in total. The van der Waals surface area contributed by atoms with Gasteiger partial charge in [-0.2, -0.15) is 0 Å². The highest BCUT2D eigenvalue weighted by atomic mass is 31.1. The summed E-state index contributed by atoms with van der Waals surface area (Å²) in [6.45, 7) is 5.75. The van der Waals surface area contributed by atoms with Crippen LogP contribution in [0.25, 0.3) is 0 Å². The second-order valence-corrected chi connectivity index (χ2v) is 5.01. The first kappa shape index (κ1) is 16.1. The van der Waals surface area contributed by atoms with Crippen molar-refractivity contribution in [1.82, 2.24) is 0 Å². The van der Waals surface area contributed by atoms with Crippen molar-refractivity contribution in [2.24, 2.45) is 0 Å². The summed E-state index contributed by atoms with van der Waals surface area (Å²) in [7, 11) is -1.11. The predicted molar refractivity (Wildman–Crippen MR) is 57.8 cm³/mol. The summed E-state index contributed by atoms with van der Waals surface area (Å²) in [5, 5.41) is 0. The Labute approximate surface area is 87.4 Å². The van der Waals surface area contributed by atoms with Crippen LogP contribution in [0.2, 0.25) is 0 Å². The second kappa shape index (κ2) is 12.7. The molecule has 0 aliphatic rings. The maximum Gasteiger partial charge on any atom is 0.354 e. The lowest BCUT2D eigenvalue weighted by Crippen LogP contribution is -2.06. The average Bonchev–Trinajstić information content (AvgIpc) is 2.18. The molecule has 0 rings (SSSR count). The van der Waals surface area contributed by atoms with E-state index in [9.17, 15) is 13.9 Å². The van der Waals surface area contributed by atoms with Crippen LogP contribution in [0.3, 0.4) is 0 Å². The first-order valence-corrected chi connectivity index (χ1v) is 7.11. The van der Waals surface area contributed by atoms with Crippen molar-refractivity contribution >= 4 is 22.2 Å². The van der Waals surface area contributed by atoms with Crippen LogP contribution < -0.4 is 0 Å². The molecule has 1 atom stereocenters. The fraction of sp³-hybridized carbons (Fsp3) is 0.875. The van der Waals surface area contributed by atoms with Crippen molar-refractivity contribution in [3.63, 3.8) is 0 Å². The van der Waals surface area contributed by atoms with E-state index in [0.717, 1.165) is 6.16 Å². The van der Waals surface area contributed by atoms with Gasteiger partial charge in [-0.1, -0.05) is 11.5 Å². The topological polar surface area (TPSA) is 60.4 Å². The molecule has 0 aromatic heterocycles. The van der Waals surface area contributed by atoms with E-state index in [4.69, 9.17) is 0 Å². The number of carbonyl (C=O) groups is 1. The molecule has 0 saturated carbocycles. The lowest BCUT2D eigenvalue weighted by Gasteiger charge is -1.92. The van der Waals surface area contributed by atoms with Gasteiger partial charge in [0.2, 0.25) is 6.16 Å². The van der Waals surface area contributed by atoms with Gasteiger partial charge in [0.1, 0.15) is 6.16 Å². The standard InChI is InChI=1S/C6H12O3P.C2H5OP/c1-3-9-6(7)5-10(8)4-2;1-2-4-3/h3-5H2,1-2H3;2H2,1H3/q+1;. The third kappa shape index (κ3) is 14.2. The van der Waals surface area contributed by atoms with Crippen LogP contribution in [-0.2, 0) is 18.7 Å². The minimum atomic E-state index is -1.35. The average molecular weight is 239 g/mol. The molecule has 0 spiro atoms. The van der Waals surface area contributed by atoms with E-state index >= 15 is 0 Å². The summed E-state index contributed by atoms with van der Waals surface area (Å²) in [4.78, 5) is 10.6.